The van der Waals surface area contributed by atoms with Gasteiger partial charge in [0.15, 0.2) is 12.2 Å². The van der Waals surface area contributed by atoms with Crippen LogP contribution in [-0.2, 0) is 65.4 Å². The molecule has 0 aromatic carbocycles. The van der Waals surface area contributed by atoms with Crippen molar-refractivity contribution in [1.82, 2.24) is 0 Å². The normalized spacial score (nSPS) is 14.5. The molecule has 560 valence electrons. The van der Waals surface area contributed by atoms with Crippen molar-refractivity contribution in [1.29, 1.82) is 0 Å². The van der Waals surface area contributed by atoms with E-state index in [1.54, 1.807) is 0 Å². The lowest BCUT2D eigenvalue weighted by Gasteiger charge is -2.21. The molecule has 0 aliphatic heterocycles. The lowest BCUT2D eigenvalue weighted by Crippen LogP contribution is -2.30. The molecule has 0 amide bonds. The molecule has 0 aromatic rings. The molecule has 0 radical (unpaired) electrons. The topological polar surface area (TPSA) is 237 Å². The molecule has 0 aromatic heterocycles. The van der Waals surface area contributed by atoms with E-state index in [4.69, 9.17) is 37.0 Å². The summed E-state index contributed by atoms with van der Waals surface area (Å²) in [5, 5.41) is 10.6. The summed E-state index contributed by atoms with van der Waals surface area (Å²) in [7, 11) is -9.92. The summed E-state index contributed by atoms with van der Waals surface area (Å²) in [4.78, 5) is 72.8. The molecule has 0 heterocycles. The Labute approximate surface area is 580 Å². The minimum Gasteiger partial charge on any atom is -0.462 e. The second-order valence-electron chi connectivity index (χ2n) is 27.9. The van der Waals surface area contributed by atoms with Gasteiger partial charge in [0.25, 0.3) is 0 Å². The Kier molecular flexibility index (Phi) is 64.4. The molecular formula is C76H144O17P2. The average Bonchev–Trinajstić information content (AvgIpc) is 1.57. The molecule has 17 nitrogen and oxygen atoms in total. The van der Waals surface area contributed by atoms with Gasteiger partial charge in [-0.2, -0.15) is 0 Å². The van der Waals surface area contributed by atoms with Crippen molar-refractivity contribution in [2.45, 2.75) is 381 Å². The number of carbonyl (C=O) groups excluding carboxylic acids is 4. The Balaban J connectivity index is 5.26. The van der Waals surface area contributed by atoms with Gasteiger partial charge in [-0.05, 0) is 69.1 Å². The maximum atomic E-state index is 13.1. The van der Waals surface area contributed by atoms with Crippen LogP contribution < -0.4 is 0 Å². The fourth-order valence-electron chi connectivity index (χ4n) is 11.0. The molecular weight excluding hydrogens is 1250 g/mol. The van der Waals surface area contributed by atoms with Crippen molar-refractivity contribution >= 4 is 39.5 Å². The zero-order valence-corrected chi connectivity index (χ0v) is 63.4. The third-order valence-corrected chi connectivity index (χ3v) is 19.3. The number of rotatable bonds is 72. The number of hydrogen-bond acceptors (Lipinski definition) is 15. The van der Waals surface area contributed by atoms with Crippen LogP contribution in [0.15, 0.2) is 24.3 Å². The number of phosphoric acid groups is 2. The van der Waals surface area contributed by atoms with Crippen LogP contribution >= 0.6 is 15.6 Å². The smallest absolute Gasteiger partial charge is 0.462 e. The minimum absolute atomic E-state index is 0.0839. The molecule has 95 heavy (non-hydrogen) atoms. The van der Waals surface area contributed by atoms with E-state index in [0.717, 1.165) is 121 Å². The van der Waals surface area contributed by atoms with E-state index in [9.17, 15) is 43.2 Å². The highest BCUT2D eigenvalue weighted by molar-refractivity contribution is 7.47. The fourth-order valence-corrected chi connectivity index (χ4v) is 12.6. The Morgan fingerprint density at radius 2 is 0.621 bits per heavy atom. The number of phosphoric ester groups is 2. The molecule has 19 heteroatoms. The second-order valence-corrected chi connectivity index (χ2v) is 30.8. The largest absolute Gasteiger partial charge is 0.472 e. The van der Waals surface area contributed by atoms with E-state index in [1.807, 2.05) is 0 Å². The first-order valence-corrected chi connectivity index (χ1v) is 41.7. The van der Waals surface area contributed by atoms with Crippen LogP contribution in [0.3, 0.4) is 0 Å². The van der Waals surface area contributed by atoms with Crippen LogP contribution in [0.2, 0.25) is 0 Å². The number of allylic oxidation sites excluding steroid dienone is 4. The van der Waals surface area contributed by atoms with Crippen LogP contribution in [0.5, 0.6) is 0 Å². The van der Waals surface area contributed by atoms with Crippen LogP contribution in [0, 0.1) is 17.8 Å². The third-order valence-electron chi connectivity index (χ3n) is 17.4. The molecule has 6 atom stereocenters. The molecule has 0 fully saturated rings. The van der Waals surface area contributed by atoms with E-state index in [-0.39, 0.29) is 25.7 Å². The zero-order chi connectivity index (χ0) is 70.1. The van der Waals surface area contributed by atoms with Gasteiger partial charge in [-0.25, -0.2) is 9.13 Å². The van der Waals surface area contributed by atoms with Gasteiger partial charge in [0.05, 0.1) is 26.4 Å². The molecule has 3 N–H and O–H groups in total. The SMILES string of the molecule is CCCCCC/C=C\C=C/CCCCCCCC(=O)O[C@H](COC(=O)CCCCCCCCCC(C)C)COP(=O)(O)OCC(O)COP(=O)(O)OC[C@@H](COC(=O)CCCCCCCCCCCCCCCCC(C)CC)OC(=O)CCCCCCCCCCCC(C)C. The summed E-state index contributed by atoms with van der Waals surface area (Å²) in [5.41, 5.74) is 0. The lowest BCUT2D eigenvalue weighted by atomic mass is 9.99. The van der Waals surface area contributed by atoms with Gasteiger partial charge < -0.3 is 33.8 Å². The van der Waals surface area contributed by atoms with Crippen molar-refractivity contribution in [2.75, 3.05) is 39.6 Å². The van der Waals surface area contributed by atoms with E-state index in [1.165, 1.54) is 154 Å². The van der Waals surface area contributed by atoms with Crippen molar-refractivity contribution in [3.8, 4) is 0 Å². The number of hydrogen-bond donors (Lipinski definition) is 3. The van der Waals surface area contributed by atoms with Crippen LogP contribution in [-0.4, -0.2) is 96.7 Å². The average molecular weight is 1390 g/mol. The van der Waals surface area contributed by atoms with E-state index in [0.29, 0.717) is 31.6 Å². The van der Waals surface area contributed by atoms with Crippen molar-refractivity contribution in [3.05, 3.63) is 24.3 Å². The molecule has 0 saturated heterocycles. The van der Waals surface area contributed by atoms with Gasteiger partial charge in [0, 0.05) is 25.7 Å². The standard InChI is InChI=1S/C76H144O17P2/c1-8-10-11-12-13-14-15-16-17-22-25-30-37-45-52-59-75(80)92-72(64-87-74(79)58-51-44-39-32-34-41-48-55-68(5)6)66-91-95(84,85)89-62-70(77)61-88-94(82,83)90-65-71(93-76(81)60-53-46-38-31-26-27-33-40-47-54-67(3)4)63-86-73(78)57-50-43-36-29-24-21-19-18-20-23-28-35-42-49-56-69(7)9-2/h14-17,67-72,77H,8-13,18-66H2,1-7H3,(H,82,83)(H,84,85)/b15-14-,17-16-/t69?,70?,71-,72-/m1/s1. The Morgan fingerprint density at radius 1 is 0.347 bits per heavy atom. The molecule has 4 unspecified atom stereocenters. The van der Waals surface area contributed by atoms with E-state index in [2.05, 4.69) is 72.8 Å². The van der Waals surface area contributed by atoms with Crippen molar-refractivity contribution in [3.63, 3.8) is 0 Å². The summed E-state index contributed by atoms with van der Waals surface area (Å²) in [6.07, 6.45) is 55.0. The first-order chi connectivity index (χ1) is 45.8. The molecule has 0 saturated carbocycles. The number of esters is 4. The minimum atomic E-state index is -4.96. The lowest BCUT2D eigenvalue weighted by molar-refractivity contribution is -0.161. The Bertz CT molecular complexity index is 1950. The highest BCUT2D eigenvalue weighted by Gasteiger charge is 2.30. The Hall–Kier alpha value is -2.46. The van der Waals surface area contributed by atoms with Gasteiger partial charge in [0.2, 0.25) is 0 Å². The van der Waals surface area contributed by atoms with Crippen LogP contribution in [0.4, 0.5) is 0 Å². The highest BCUT2D eigenvalue weighted by Crippen LogP contribution is 2.45. The first kappa shape index (κ1) is 92.5. The summed E-state index contributed by atoms with van der Waals surface area (Å²) in [5.74, 6) is 0.135. The van der Waals surface area contributed by atoms with Crippen molar-refractivity contribution in [2.24, 2.45) is 17.8 Å². The van der Waals surface area contributed by atoms with Gasteiger partial charge >= 0.3 is 39.5 Å². The summed E-state index contributed by atoms with van der Waals surface area (Å²) >= 11 is 0. The second kappa shape index (κ2) is 66.1. The first-order valence-electron chi connectivity index (χ1n) is 38.7. The quantitative estimate of drug-likeness (QED) is 0.0169. The molecule has 0 spiro atoms. The van der Waals surface area contributed by atoms with Gasteiger partial charge in [-0.3, -0.25) is 37.3 Å². The fraction of sp³-hybridized carbons (Fsp3) is 0.895. The van der Waals surface area contributed by atoms with Gasteiger partial charge in [-0.1, -0.05) is 310 Å². The number of ether oxygens (including phenoxy) is 4. The predicted octanol–water partition coefficient (Wildman–Crippen LogP) is 21.7. The summed E-state index contributed by atoms with van der Waals surface area (Å²) < 4.78 is 68.4. The monoisotopic (exact) mass is 1390 g/mol. The maximum Gasteiger partial charge on any atom is 0.472 e. The number of aliphatic hydroxyl groups is 1. The van der Waals surface area contributed by atoms with Crippen molar-refractivity contribution < 1.29 is 80.2 Å². The number of carbonyl (C=O) groups is 4. The summed E-state index contributed by atoms with van der Waals surface area (Å²) in [6, 6.07) is 0. The molecule has 0 aliphatic carbocycles. The maximum absolute atomic E-state index is 13.1. The number of unbranched alkanes of at least 4 members (excludes halogenated alkanes) is 36. The predicted molar refractivity (Wildman–Crippen MR) is 386 cm³/mol. The zero-order valence-electron chi connectivity index (χ0n) is 61.6. The van der Waals surface area contributed by atoms with Gasteiger partial charge in [-0.15, -0.1) is 0 Å². The van der Waals surface area contributed by atoms with Crippen LogP contribution in [0.1, 0.15) is 363 Å². The molecule has 0 aliphatic rings. The van der Waals surface area contributed by atoms with E-state index < -0.39 is 97.5 Å². The van der Waals surface area contributed by atoms with E-state index >= 15 is 0 Å². The molecule has 0 rings (SSSR count). The number of aliphatic hydroxyl groups excluding tert-OH is 1. The highest BCUT2D eigenvalue weighted by atomic mass is 31.2. The van der Waals surface area contributed by atoms with Crippen LogP contribution in [0.25, 0.3) is 0 Å². The summed E-state index contributed by atoms with van der Waals surface area (Å²) in [6.45, 7) is 11.8. The third kappa shape index (κ3) is 68.5. The van der Waals surface area contributed by atoms with Gasteiger partial charge in [0.1, 0.15) is 19.3 Å². The molecule has 0 bridgehead atoms. The Morgan fingerprint density at radius 3 is 0.937 bits per heavy atom.